The average Bonchev–Trinajstić information content (AvgIpc) is 2.97. The molecule has 0 saturated carbocycles. The topological polar surface area (TPSA) is 42.0 Å². The molecule has 0 aliphatic heterocycles. The third-order valence-electron chi connectivity index (χ3n) is 3.24. The van der Waals surface area contributed by atoms with Crippen LogP contribution in [0.2, 0.25) is 5.02 Å². The van der Waals surface area contributed by atoms with Gasteiger partial charge in [-0.2, -0.15) is 0 Å². The number of rotatable bonds is 3. The highest BCUT2D eigenvalue weighted by Crippen LogP contribution is 2.23. The third-order valence-corrected chi connectivity index (χ3v) is 4.25. The normalized spacial score (nSPS) is 10.6. The summed E-state index contributed by atoms with van der Waals surface area (Å²) >= 11 is 7.26. The molecule has 0 radical (unpaired) electrons. The largest absolute Gasteiger partial charge is 0.319 e. The molecular weight excluding hydrogens is 335 g/mol. The minimum absolute atomic E-state index is 0.0959. The standard InChI is InChI=1S/C17H12ClFN2OS/c1-10-20-16(9-23-10)11-2-4-12(5-3-11)17(22)21-15-7-6-13(18)8-14(15)19/h2-9H,1H3,(H,21,22). The molecule has 2 aromatic carbocycles. The van der Waals surface area contributed by atoms with Gasteiger partial charge in [-0.1, -0.05) is 23.7 Å². The molecule has 0 aliphatic carbocycles. The first-order valence-electron chi connectivity index (χ1n) is 6.82. The molecule has 0 spiro atoms. The van der Waals surface area contributed by atoms with Crippen LogP contribution < -0.4 is 5.32 Å². The molecule has 0 fully saturated rings. The molecule has 1 amide bonds. The van der Waals surface area contributed by atoms with E-state index in [0.29, 0.717) is 5.56 Å². The van der Waals surface area contributed by atoms with Gasteiger partial charge in [-0.25, -0.2) is 9.37 Å². The second-order valence-electron chi connectivity index (χ2n) is 4.91. The molecule has 1 aromatic heterocycles. The number of aromatic nitrogens is 1. The lowest BCUT2D eigenvalue weighted by Gasteiger charge is -2.07. The summed E-state index contributed by atoms with van der Waals surface area (Å²) in [5, 5.41) is 5.76. The lowest BCUT2D eigenvalue weighted by Crippen LogP contribution is -2.12. The summed E-state index contributed by atoms with van der Waals surface area (Å²) in [6.07, 6.45) is 0. The molecule has 0 atom stereocenters. The van der Waals surface area contributed by atoms with E-state index in [1.807, 2.05) is 24.4 Å². The van der Waals surface area contributed by atoms with E-state index in [2.05, 4.69) is 10.3 Å². The lowest BCUT2D eigenvalue weighted by molar-refractivity contribution is 0.102. The van der Waals surface area contributed by atoms with Crippen molar-refractivity contribution in [2.75, 3.05) is 5.32 Å². The highest BCUT2D eigenvalue weighted by Gasteiger charge is 2.10. The van der Waals surface area contributed by atoms with Gasteiger partial charge in [0, 0.05) is 21.5 Å². The van der Waals surface area contributed by atoms with Gasteiger partial charge in [0.1, 0.15) is 5.82 Å². The number of hydrogen-bond donors (Lipinski definition) is 1. The van der Waals surface area contributed by atoms with E-state index in [4.69, 9.17) is 11.6 Å². The third kappa shape index (κ3) is 3.57. The van der Waals surface area contributed by atoms with E-state index in [0.717, 1.165) is 22.3 Å². The van der Waals surface area contributed by atoms with Crippen molar-refractivity contribution in [3.63, 3.8) is 0 Å². The van der Waals surface area contributed by atoms with Crippen LogP contribution in [0.4, 0.5) is 10.1 Å². The quantitative estimate of drug-likeness (QED) is 0.711. The van der Waals surface area contributed by atoms with Crippen molar-refractivity contribution >= 4 is 34.5 Å². The Morgan fingerprint density at radius 2 is 1.96 bits per heavy atom. The maximum Gasteiger partial charge on any atom is 0.255 e. The Morgan fingerprint density at radius 3 is 2.57 bits per heavy atom. The summed E-state index contributed by atoms with van der Waals surface area (Å²) in [4.78, 5) is 16.6. The summed E-state index contributed by atoms with van der Waals surface area (Å²) in [5.41, 5.74) is 2.35. The van der Waals surface area contributed by atoms with Crippen molar-refractivity contribution in [2.24, 2.45) is 0 Å². The molecule has 1 N–H and O–H groups in total. The Morgan fingerprint density at radius 1 is 1.22 bits per heavy atom. The Hall–Kier alpha value is -2.24. The summed E-state index contributed by atoms with van der Waals surface area (Å²) in [6, 6.07) is 11.1. The van der Waals surface area contributed by atoms with Crippen LogP contribution in [0, 0.1) is 12.7 Å². The van der Waals surface area contributed by atoms with Crippen LogP contribution in [-0.4, -0.2) is 10.9 Å². The monoisotopic (exact) mass is 346 g/mol. The maximum absolute atomic E-state index is 13.7. The molecule has 0 unspecified atom stereocenters. The van der Waals surface area contributed by atoms with Gasteiger partial charge in [0.2, 0.25) is 0 Å². The van der Waals surface area contributed by atoms with Gasteiger partial charge < -0.3 is 5.32 Å². The van der Waals surface area contributed by atoms with E-state index >= 15 is 0 Å². The first kappa shape index (κ1) is 15.6. The van der Waals surface area contributed by atoms with Crippen LogP contribution in [0.5, 0.6) is 0 Å². The SMILES string of the molecule is Cc1nc(-c2ccc(C(=O)Nc3ccc(Cl)cc3F)cc2)cs1. The van der Waals surface area contributed by atoms with Crippen LogP contribution in [-0.2, 0) is 0 Å². The average molecular weight is 347 g/mol. The van der Waals surface area contributed by atoms with Crippen LogP contribution in [0.1, 0.15) is 15.4 Å². The summed E-state index contributed by atoms with van der Waals surface area (Å²) in [6.45, 7) is 1.94. The first-order chi connectivity index (χ1) is 11.0. The molecule has 0 aliphatic rings. The molecule has 6 heteroatoms. The lowest BCUT2D eigenvalue weighted by atomic mass is 10.1. The smallest absolute Gasteiger partial charge is 0.255 e. The number of carbonyl (C=O) groups is 1. The second kappa shape index (κ2) is 6.48. The van der Waals surface area contributed by atoms with Gasteiger partial charge >= 0.3 is 0 Å². The van der Waals surface area contributed by atoms with Crippen molar-refractivity contribution in [1.29, 1.82) is 0 Å². The fraction of sp³-hybridized carbons (Fsp3) is 0.0588. The molecule has 3 nitrogen and oxygen atoms in total. The molecule has 0 bridgehead atoms. The zero-order chi connectivity index (χ0) is 16.4. The maximum atomic E-state index is 13.7. The molecule has 0 saturated heterocycles. The van der Waals surface area contributed by atoms with Gasteiger partial charge in [0.25, 0.3) is 5.91 Å². The molecular formula is C17H12ClFN2OS. The number of carbonyl (C=O) groups excluding carboxylic acids is 1. The van der Waals surface area contributed by atoms with E-state index in [1.54, 1.807) is 23.5 Å². The number of anilines is 1. The van der Waals surface area contributed by atoms with Crippen molar-refractivity contribution in [3.8, 4) is 11.3 Å². The van der Waals surface area contributed by atoms with Crippen LogP contribution in [0.15, 0.2) is 47.8 Å². The summed E-state index contributed by atoms with van der Waals surface area (Å²) < 4.78 is 13.7. The molecule has 3 aromatic rings. The Balaban J connectivity index is 1.77. The minimum atomic E-state index is -0.569. The highest BCUT2D eigenvalue weighted by atomic mass is 35.5. The predicted molar refractivity (Wildman–Crippen MR) is 91.7 cm³/mol. The number of benzene rings is 2. The van der Waals surface area contributed by atoms with Gasteiger partial charge in [-0.05, 0) is 37.3 Å². The zero-order valence-electron chi connectivity index (χ0n) is 12.1. The highest BCUT2D eigenvalue weighted by molar-refractivity contribution is 7.09. The number of halogens is 2. The summed E-state index contributed by atoms with van der Waals surface area (Å²) in [7, 11) is 0. The molecule has 116 valence electrons. The van der Waals surface area contributed by atoms with E-state index < -0.39 is 5.82 Å². The van der Waals surface area contributed by atoms with Crippen LogP contribution in [0.3, 0.4) is 0 Å². The number of nitrogens with one attached hydrogen (secondary N) is 1. The molecule has 3 rings (SSSR count). The van der Waals surface area contributed by atoms with Crippen molar-refractivity contribution in [3.05, 3.63) is 69.3 Å². The van der Waals surface area contributed by atoms with E-state index in [-0.39, 0.29) is 16.6 Å². The Labute approximate surface area is 141 Å². The zero-order valence-corrected chi connectivity index (χ0v) is 13.7. The van der Waals surface area contributed by atoms with Gasteiger partial charge in [-0.3, -0.25) is 4.79 Å². The molecule has 1 heterocycles. The van der Waals surface area contributed by atoms with Crippen molar-refractivity contribution in [2.45, 2.75) is 6.92 Å². The van der Waals surface area contributed by atoms with Crippen molar-refractivity contribution in [1.82, 2.24) is 4.98 Å². The van der Waals surface area contributed by atoms with E-state index in [1.165, 1.54) is 12.1 Å². The van der Waals surface area contributed by atoms with Crippen molar-refractivity contribution < 1.29 is 9.18 Å². The number of thiazole rings is 1. The van der Waals surface area contributed by atoms with Gasteiger partial charge in [0.05, 0.1) is 16.4 Å². The number of nitrogens with zero attached hydrogens (tertiary/aromatic N) is 1. The van der Waals surface area contributed by atoms with Gasteiger partial charge in [0.15, 0.2) is 0 Å². The first-order valence-corrected chi connectivity index (χ1v) is 8.07. The number of amides is 1. The number of aryl methyl sites for hydroxylation is 1. The summed E-state index contributed by atoms with van der Waals surface area (Å²) in [5.74, 6) is -0.951. The van der Waals surface area contributed by atoms with Crippen LogP contribution in [0.25, 0.3) is 11.3 Å². The van der Waals surface area contributed by atoms with Gasteiger partial charge in [-0.15, -0.1) is 11.3 Å². The Bertz CT molecular complexity index is 861. The predicted octanol–water partition coefficient (Wildman–Crippen LogP) is 5.16. The van der Waals surface area contributed by atoms with Crippen LogP contribution >= 0.6 is 22.9 Å². The minimum Gasteiger partial charge on any atom is -0.319 e. The Kier molecular flexibility index (Phi) is 4.41. The fourth-order valence-electron chi connectivity index (χ4n) is 2.07. The molecule has 23 heavy (non-hydrogen) atoms. The van der Waals surface area contributed by atoms with E-state index in [9.17, 15) is 9.18 Å². The fourth-order valence-corrected chi connectivity index (χ4v) is 2.85. The number of hydrogen-bond acceptors (Lipinski definition) is 3. The second-order valence-corrected chi connectivity index (χ2v) is 6.41.